The molecule has 0 heterocycles. The first-order valence-corrected chi connectivity index (χ1v) is 8.08. The van der Waals surface area contributed by atoms with Gasteiger partial charge in [-0.25, -0.2) is 4.79 Å². The van der Waals surface area contributed by atoms with Gasteiger partial charge in [-0.2, -0.15) is 0 Å². The van der Waals surface area contributed by atoms with Crippen molar-refractivity contribution in [1.82, 2.24) is 0 Å². The van der Waals surface area contributed by atoms with Crippen molar-refractivity contribution in [1.29, 1.82) is 0 Å². The second kappa shape index (κ2) is 8.39. The fraction of sp³-hybridized carbons (Fsp3) is 0.176. The van der Waals surface area contributed by atoms with Crippen LogP contribution in [0.25, 0.3) is 0 Å². The van der Waals surface area contributed by atoms with Gasteiger partial charge < -0.3 is 9.47 Å². The minimum atomic E-state index is -0.823. The van der Waals surface area contributed by atoms with Crippen molar-refractivity contribution in [2.45, 2.75) is 6.92 Å². The quantitative estimate of drug-likeness (QED) is 0.299. The second-order valence-electron chi connectivity index (χ2n) is 4.88. The van der Waals surface area contributed by atoms with Crippen molar-refractivity contribution < 1.29 is 24.0 Å². The number of Topliss-reactive ketones (excluding diaryl/α,β-unsaturated/α-hetero) is 1. The number of hydrogen-bond acceptors (Lipinski definition) is 6. The van der Waals surface area contributed by atoms with Gasteiger partial charge in [-0.1, -0.05) is 28.1 Å². The van der Waals surface area contributed by atoms with Crippen LogP contribution in [0.1, 0.15) is 27.6 Å². The monoisotopic (exact) mass is 407 g/mol. The maximum atomic E-state index is 12.0. The number of rotatable bonds is 7. The normalized spacial score (nSPS) is 10.2. The maximum Gasteiger partial charge on any atom is 0.338 e. The van der Waals surface area contributed by atoms with Crippen LogP contribution in [0.2, 0.25) is 0 Å². The zero-order chi connectivity index (χ0) is 18.4. The summed E-state index contributed by atoms with van der Waals surface area (Å²) in [6.45, 7) is 1.49. The molecule has 7 nitrogen and oxygen atoms in total. The third-order valence-corrected chi connectivity index (χ3v) is 3.72. The summed E-state index contributed by atoms with van der Waals surface area (Å²) in [4.78, 5) is 34.4. The van der Waals surface area contributed by atoms with E-state index in [1.54, 1.807) is 31.2 Å². The van der Waals surface area contributed by atoms with E-state index < -0.39 is 17.5 Å². The number of esters is 1. The molecule has 0 unspecified atom stereocenters. The molecular formula is C17H14BrNO6. The number of nitro groups is 1. The Morgan fingerprint density at radius 3 is 2.36 bits per heavy atom. The molecule has 0 N–H and O–H groups in total. The lowest BCUT2D eigenvalue weighted by Gasteiger charge is -2.07. The van der Waals surface area contributed by atoms with Crippen molar-refractivity contribution in [2.24, 2.45) is 0 Å². The Morgan fingerprint density at radius 2 is 1.76 bits per heavy atom. The molecule has 0 aromatic heterocycles. The summed E-state index contributed by atoms with van der Waals surface area (Å²) in [5, 5.41) is 11.1. The summed E-state index contributed by atoms with van der Waals surface area (Å²) in [6, 6.07) is 10.3. The molecule has 2 aromatic rings. The van der Waals surface area contributed by atoms with Crippen molar-refractivity contribution in [3.63, 3.8) is 0 Å². The molecule has 2 rings (SSSR count). The van der Waals surface area contributed by atoms with Crippen LogP contribution in [-0.4, -0.2) is 29.9 Å². The molecule has 0 spiro atoms. The molecule has 0 aliphatic carbocycles. The van der Waals surface area contributed by atoms with Gasteiger partial charge in [-0.15, -0.1) is 0 Å². The molecule has 0 radical (unpaired) electrons. The van der Waals surface area contributed by atoms with Crippen molar-refractivity contribution in [2.75, 3.05) is 13.2 Å². The molecule has 0 aliphatic rings. The average Bonchev–Trinajstić information content (AvgIpc) is 2.60. The number of carbonyl (C=O) groups excluding carboxylic acids is 2. The van der Waals surface area contributed by atoms with E-state index in [2.05, 4.69) is 15.9 Å². The number of nitrogens with zero attached hydrogens (tertiary/aromatic N) is 1. The number of benzene rings is 2. The molecule has 25 heavy (non-hydrogen) atoms. The second-order valence-corrected chi connectivity index (χ2v) is 5.79. The van der Waals surface area contributed by atoms with Crippen LogP contribution >= 0.6 is 15.9 Å². The lowest BCUT2D eigenvalue weighted by Crippen LogP contribution is -2.14. The lowest BCUT2D eigenvalue weighted by atomic mass is 10.1. The molecule has 0 saturated carbocycles. The number of carbonyl (C=O) groups is 2. The standard InChI is InChI=1S/C17H14BrNO6/c1-2-24-16-8-5-12(9-14(16)19(22)23)17(21)25-10-15(20)11-3-6-13(18)7-4-11/h3-9H,2,10H2,1H3. The van der Waals surface area contributed by atoms with Crippen LogP contribution in [0.5, 0.6) is 5.75 Å². The number of nitro benzene ring substituents is 1. The van der Waals surface area contributed by atoms with Gasteiger partial charge in [0, 0.05) is 16.1 Å². The van der Waals surface area contributed by atoms with Gasteiger partial charge in [-0.3, -0.25) is 14.9 Å². The Morgan fingerprint density at radius 1 is 1.12 bits per heavy atom. The fourth-order valence-corrected chi connectivity index (χ4v) is 2.26. The van der Waals surface area contributed by atoms with Crippen LogP contribution in [-0.2, 0) is 4.74 Å². The number of halogens is 1. The number of ketones is 1. The SMILES string of the molecule is CCOc1ccc(C(=O)OCC(=O)c2ccc(Br)cc2)cc1[N+](=O)[O-]. The van der Waals surface area contributed by atoms with Gasteiger partial charge in [0.15, 0.2) is 18.1 Å². The summed E-state index contributed by atoms with van der Waals surface area (Å²) >= 11 is 3.26. The van der Waals surface area contributed by atoms with E-state index in [4.69, 9.17) is 9.47 Å². The summed E-state index contributed by atoms with van der Waals surface area (Å²) in [5.74, 6) is -1.13. The van der Waals surface area contributed by atoms with Crippen molar-refractivity contribution in [3.8, 4) is 5.75 Å². The first-order chi connectivity index (χ1) is 11.9. The predicted molar refractivity (Wildman–Crippen MR) is 93.0 cm³/mol. The highest BCUT2D eigenvalue weighted by Gasteiger charge is 2.20. The smallest absolute Gasteiger partial charge is 0.338 e. The molecule has 0 amide bonds. The third kappa shape index (κ3) is 4.87. The lowest BCUT2D eigenvalue weighted by molar-refractivity contribution is -0.385. The van der Waals surface area contributed by atoms with E-state index >= 15 is 0 Å². The molecule has 0 atom stereocenters. The predicted octanol–water partition coefficient (Wildman–Crippen LogP) is 3.80. The highest BCUT2D eigenvalue weighted by atomic mass is 79.9. The van der Waals surface area contributed by atoms with Crippen molar-refractivity contribution >= 4 is 33.4 Å². The van der Waals surface area contributed by atoms with E-state index in [0.717, 1.165) is 10.5 Å². The summed E-state index contributed by atoms with van der Waals surface area (Å²) < 4.78 is 10.9. The Labute approximate surface area is 151 Å². The van der Waals surface area contributed by atoms with E-state index in [1.807, 2.05) is 0 Å². The molecule has 0 bridgehead atoms. The minimum absolute atomic E-state index is 0.0289. The van der Waals surface area contributed by atoms with Crippen LogP contribution < -0.4 is 4.74 Å². The van der Waals surface area contributed by atoms with Gasteiger partial charge in [0.25, 0.3) is 0 Å². The number of ether oxygens (including phenoxy) is 2. The highest BCUT2D eigenvalue weighted by Crippen LogP contribution is 2.28. The number of hydrogen-bond donors (Lipinski definition) is 0. The minimum Gasteiger partial charge on any atom is -0.487 e. The van der Waals surface area contributed by atoms with Crippen LogP contribution in [0.15, 0.2) is 46.9 Å². The van der Waals surface area contributed by atoms with E-state index in [0.29, 0.717) is 5.56 Å². The van der Waals surface area contributed by atoms with Crippen LogP contribution in [0, 0.1) is 10.1 Å². The van der Waals surface area contributed by atoms with Gasteiger partial charge in [-0.05, 0) is 31.2 Å². The van der Waals surface area contributed by atoms with Gasteiger partial charge in [0.2, 0.25) is 0 Å². The van der Waals surface area contributed by atoms with Crippen LogP contribution in [0.4, 0.5) is 5.69 Å². The maximum absolute atomic E-state index is 12.0. The zero-order valence-corrected chi connectivity index (χ0v) is 14.8. The first kappa shape index (κ1) is 18.6. The molecule has 0 aliphatic heterocycles. The van der Waals surface area contributed by atoms with Gasteiger partial charge >= 0.3 is 11.7 Å². The van der Waals surface area contributed by atoms with Crippen molar-refractivity contribution in [3.05, 3.63) is 68.2 Å². The van der Waals surface area contributed by atoms with Crippen LogP contribution in [0.3, 0.4) is 0 Å². The molecule has 130 valence electrons. The Bertz CT molecular complexity index is 803. The summed E-state index contributed by atoms with van der Waals surface area (Å²) in [5.41, 5.74) is 0.0305. The Kier molecular flexibility index (Phi) is 6.24. The molecule has 0 fully saturated rings. The first-order valence-electron chi connectivity index (χ1n) is 7.29. The average molecular weight is 408 g/mol. The molecular weight excluding hydrogens is 394 g/mol. The topological polar surface area (TPSA) is 95.7 Å². The zero-order valence-electron chi connectivity index (χ0n) is 13.2. The molecule has 8 heteroatoms. The van der Waals surface area contributed by atoms with Gasteiger partial charge in [0.05, 0.1) is 17.1 Å². The fourth-order valence-electron chi connectivity index (χ4n) is 2.00. The highest BCUT2D eigenvalue weighted by molar-refractivity contribution is 9.10. The Balaban J connectivity index is 2.07. The van der Waals surface area contributed by atoms with Gasteiger partial charge in [0.1, 0.15) is 0 Å². The molecule has 2 aromatic carbocycles. The Hall–Kier alpha value is -2.74. The summed E-state index contributed by atoms with van der Waals surface area (Å²) in [7, 11) is 0. The largest absolute Gasteiger partial charge is 0.487 e. The molecule has 0 saturated heterocycles. The van der Waals surface area contributed by atoms with E-state index in [9.17, 15) is 19.7 Å². The summed E-state index contributed by atoms with van der Waals surface area (Å²) in [6.07, 6.45) is 0. The third-order valence-electron chi connectivity index (χ3n) is 3.19. The van der Waals surface area contributed by atoms with E-state index in [-0.39, 0.29) is 29.4 Å². The van der Waals surface area contributed by atoms with E-state index in [1.165, 1.54) is 12.1 Å².